The molecule has 1 heterocycles. The van der Waals surface area contributed by atoms with Crippen LogP contribution < -0.4 is 22.1 Å². The zero-order valence-electron chi connectivity index (χ0n) is 20.7. The molecule has 0 aromatic heterocycles. The number of likely N-dealkylation sites (tertiary alicyclic amines) is 1. The standard InChI is InChI=1S/C26H35N5O5/c1-26(2,29-15-22(33)18-8-9-21(32)19(13-18)30-25(28)36)14-17-6-3-5-16(11-17)12-23(34)31-10-4-7-20(31)24(27)35/h3,5-6,8-9,11,13,20,22,29,32-33H,4,7,10,12,14-15H2,1-2H3,(H2,27,35)(H3,28,30,36)/t20-,22-/m0/s1. The van der Waals surface area contributed by atoms with Crippen molar-refractivity contribution >= 4 is 23.5 Å². The second kappa shape index (κ2) is 11.4. The molecule has 1 fully saturated rings. The second-order valence-electron chi connectivity index (χ2n) is 9.87. The molecule has 0 radical (unpaired) electrons. The molecule has 0 spiro atoms. The molecule has 194 valence electrons. The fourth-order valence-electron chi connectivity index (χ4n) is 4.54. The van der Waals surface area contributed by atoms with Crippen LogP contribution in [0.5, 0.6) is 5.75 Å². The van der Waals surface area contributed by atoms with Gasteiger partial charge in [-0.3, -0.25) is 9.59 Å². The van der Waals surface area contributed by atoms with Crippen molar-refractivity contribution in [3.05, 3.63) is 59.2 Å². The Kier molecular flexibility index (Phi) is 8.54. The summed E-state index contributed by atoms with van der Waals surface area (Å²) in [5.41, 5.74) is 12.7. The molecule has 2 atom stereocenters. The van der Waals surface area contributed by atoms with Crippen LogP contribution in [0.25, 0.3) is 0 Å². The summed E-state index contributed by atoms with van der Waals surface area (Å²) in [7, 11) is 0. The van der Waals surface area contributed by atoms with Crippen molar-refractivity contribution in [3.8, 4) is 5.75 Å². The Morgan fingerprint density at radius 1 is 1.14 bits per heavy atom. The average molecular weight is 498 g/mol. The van der Waals surface area contributed by atoms with Crippen molar-refractivity contribution < 1.29 is 24.6 Å². The SMILES string of the molecule is CC(C)(Cc1cccc(CC(=O)N2CCC[C@H]2C(N)=O)c1)NC[C@H](O)c1ccc(O)c(NC(N)=O)c1. The van der Waals surface area contributed by atoms with Crippen molar-refractivity contribution in [3.63, 3.8) is 0 Å². The minimum Gasteiger partial charge on any atom is -0.506 e. The summed E-state index contributed by atoms with van der Waals surface area (Å²) in [6.07, 6.45) is 1.34. The molecule has 0 saturated carbocycles. The van der Waals surface area contributed by atoms with Gasteiger partial charge < -0.3 is 37.2 Å². The summed E-state index contributed by atoms with van der Waals surface area (Å²) in [6.45, 7) is 4.80. The number of carbonyl (C=O) groups is 3. The number of rotatable bonds is 10. The van der Waals surface area contributed by atoms with Crippen LogP contribution in [0.15, 0.2) is 42.5 Å². The number of carbonyl (C=O) groups excluding carboxylic acids is 3. The van der Waals surface area contributed by atoms with Gasteiger partial charge in [0.2, 0.25) is 11.8 Å². The third-order valence-electron chi connectivity index (χ3n) is 6.33. The third-order valence-corrected chi connectivity index (χ3v) is 6.33. The smallest absolute Gasteiger partial charge is 0.316 e. The molecule has 0 aliphatic carbocycles. The number of nitrogens with two attached hydrogens (primary N) is 2. The fraction of sp³-hybridized carbons (Fsp3) is 0.423. The van der Waals surface area contributed by atoms with Crippen LogP contribution >= 0.6 is 0 Å². The maximum Gasteiger partial charge on any atom is 0.316 e. The lowest BCUT2D eigenvalue weighted by Crippen LogP contribution is -2.44. The van der Waals surface area contributed by atoms with Crippen molar-refractivity contribution in [2.45, 2.75) is 57.2 Å². The topological polar surface area (TPSA) is 171 Å². The lowest BCUT2D eigenvalue weighted by atomic mass is 9.93. The zero-order chi connectivity index (χ0) is 26.5. The number of urea groups is 1. The number of aromatic hydroxyl groups is 1. The number of anilines is 1. The van der Waals surface area contributed by atoms with Gasteiger partial charge in [0.15, 0.2) is 0 Å². The summed E-state index contributed by atoms with van der Waals surface area (Å²) in [5, 5.41) is 26.2. The lowest BCUT2D eigenvalue weighted by Gasteiger charge is -2.28. The van der Waals surface area contributed by atoms with Crippen LogP contribution in [0.3, 0.4) is 0 Å². The van der Waals surface area contributed by atoms with E-state index in [0.29, 0.717) is 24.9 Å². The van der Waals surface area contributed by atoms with Crippen LogP contribution in [-0.4, -0.2) is 57.6 Å². The highest BCUT2D eigenvalue weighted by atomic mass is 16.3. The molecule has 1 aliphatic heterocycles. The van der Waals surface area contributed by atoms with Crippen molar-refractivity contribution in [2.24, 2.45) is 11.5 Å². The second-order valence-corrected chi connectivity index (χ2v) is 9.87. The van der Waals surface area contributed by atoms with Gasteiger partial charge in [-0.1, -0.05) is 30.3 Å². The maximum atomic E-state index is 12.8. The third kappa shape index (κ3) is 7.19. The molecule has 2 aromatic carbocycles. The Morgan fingerprint density at radius 2 is 1.86 bits per heavy atom. The highest BCUT2D eigenvalue weighted by Gasteiger charge is 2.32. The highest BCUT2D eigenvalue weighted by molar-refractivity contribution is 5.89. The number of aliphatic hydroxyl groups excluding tert-OH is 1. The van der Waals surface area contributed by atoms with E-state index in [4.69, 9.17) is 11.5 Å². The normalized spacial score (nSPS) is 16.5. The van der Waals surface area contributed by atoms with Gasteiger partial charge in [-0.15, -0.1) is 0 Å². The Bertz CT molecular complexity index is 1120. The van der Waals surface area contributed by atoms with E-state index in [1.807, 2.05) is 38.1 Å². The van der Waals surface area contributed by atoms with E-state index in [0.717, 1.165) is 17.5 Å². The van der Waals surface area contributed by atoms with Crippen molar-refractivity contribution in [1.82, 2.24) is 10.2 Å². The molecule has 36 heavy (non-hydrogen) atoms. The summed E-state index contributed by atoms with van der Waals surface area (Å²) in [5.74, 6) is -0.711. The number of nitrogens with one attached hydrogen (secondary N) is 2. The van der Waals surface area contributed by atoms with E-state index >= 15 is 0 Å². The predicted molar refractivity (Wildman–Crippen MR) is 136 cm³/mol. The first-order chi connectivity index (χ1) is 16.9. The Morgan fingerprint density at radius 3 is 2.56 bits per heavy atom. The van der Waals surface area contributed by atoms with Crippen LogP contribution in [0.1, 0.15) is 49.5 Å². The molecule has 1 aliphatic rings. The monoisotopic (exact) mass is 497 g/mol. The van der Waals surface area contributed by atoms with Gasteiger partial charge in [-0.2, -0.15) is 0 Å². The van der Waals surface area contributed by atoms with Gasteiger partial charge in [0.05, 0.1) is 18.2 Å². The number of phenols is 1. The average Bonchev–Trinajstić information content (AvgIpc) is 3.29. The minimum absolute atomic E-state index is 0.104. The van der Waals surface area contributed by atoms with Gasteiger partial charge in [-0.25, -0.2) is 4.79 Å². The Labute approximate surface area is 210 Å². The number of phenolic OH excluding ortho intramolecular Hbond substituents is 1. The molecule has 1 saturated heterocycles. The number of hydrogen-bond acceptors (Lipinski definition) is 6. The first-order valence-corrected chi connectivity index (χ1v) is 11.9. The Hall–Kier alpha value is -3.63. The number of nitrogens with zero attached hydrogens (tertiary/aromatic N) is 1. The van der Waals surface area contributed by atoms with E-state index in [2.05, 4.69) is 10.6 Å². The number of aliphatic hydroxyl groups is 1. The van der Waals surface area contributed by atoms with Gasteiger partial charge in [-0.05, 0) is 61.9 Å². The molecule has 0 unspecified atom stereocenters. The molecule has 0 bridgehead atoms. The molecule has 8 N–H and O–H groups in total. The van der Waals surface area contributed by atoms with Gasteiger partial charge >= 0.3 is 6.03 Å². The first-order valence-electron chi connectivity index (χ1n) is 11.9. The van der Waals surface area contributed by atoms with E-state index in [-0.39, 0.29) is 35.8 Å². The maximum absolute atomic E-state index is 12.8. The van der Waals surface area contributed by atoms with E-state index in [1.54, 1.807) is 11.0 Å². The molecule has 10 nitrogen and oxygen atoms in total. The Balaban J connectivity index is 1.59. The van der Waals surface area contributed by atoms with Crippen LogP contribution in [0.2, 0.25) is 0 Å². The van der Waals surface area contributed by atoms with E-state index in [1.165, 1.54) is 12.1 Å². The molecular formula is C26H35N5O5. The molecule has 10 heteroatoms. The number of benzene rings is 2. The predicted octanol–water partition coefficient (Wildman–Crippen LogP) is 1.55. The number of β-amino-alcohol motifs (C(OH)–C–C–N with tert-alkyl or cyclic N) is 1. The van der Waals surface area contributed by atoms with Crippen LogP contribution in [0.4, 0.5) is 10.5 Å². The first kappa shape index (κ1) is 27.0. The van der Waals surface area contributed by atoms with Crippen molar-refractivity contribution in [1.29, 1.82) is 0 Å². The number of amides is 4. The minimum atomic E-state index is -0.888. The summed E-state index contributed by atoms with van der Waals surface area (Å²) in [4.78, 5) is 37.1. The quantitative estimate of drug-likeness (QED) is 0.272. The molecule has 4 amide bonds. The lowest BCUT2D eigenvalue weighted by molar-refractivity contribution is -0.136. The molecule has 3 rings (SSSR count). The molecular weight excluding hydrogens is 462 g/mol. The fourth-order valence-corrected chi connectivity index (χ4v) is 4.54. The van der Waals surface area contributed by atoms with E-state index < -0.39 is 24.1 Å². The van der Waals surface area contributed by atoms with Crippen molar-refractivity contribution in [2.75, 3.05) is 18.4 Å². The number of hydrogen-bond donors (Lipinski definition) is 6. The van der Waals surface area contributed by atoms with E-state index in [9.17, 15) is 24.6 Å². The summed E-state index contributed by atoms with van der Waals surface area (Å²) in [6, 6.07) is 10.9. The van der Waals surface area contributed by atoms with Gasteiger partial charge in [0, 0.05) is 18.6 Å². The summed E-state index contributed by atoms with van der Waals surface area (Å²) >= 11 is 0. The van der Waals surface area contributed by atoms with Crippen LogP contribution in [-0.2, 0) is 22.4 Å². The van der Waals surface area contributed by atoms with Gasteiger partial charge in [0.25, 0.3) is 0 Å². The van der Waals surface area contributed by atoms with Crippen LogP contribution in [0, 0.1) is 0 Å². The zero-order valence-corrected chi connectivity index (χ0v) is 20.7. The highest BCUT2D eigenvalue weighted by Crippen LogP contribution is 2.27. The largest absolute Gasteiger partial charge is 0.506 e. The van der Waals surface area contributed by atoms with Gasteiger partial charge in [0.1, 0.15) is 11.8 Å². The summed E-state index contributed by atoms with van der Waals surface area (Å²) < 4.78 is 0. The number of primary amides is 2. The molecule has 2 aromatic rings.